The van der Waals surface area contributed by atoms with Gasteiger partial charge in [0.25, 0.3) is 0 Å². The number of carbonyl (C=O) groups is 1. The van der Waals surface area contributed by atoms with E-state index in [-0.39, 0.29) is 16.2 Å². The van der Waals surface area contributed by atoms with E-state index < -0.39 is 5.97 Å². The Morgan fingerprint density at radius 1 is 1.50 bits per heavy atom. The summed E-state index contributed by atoms with van der Waals surface area (Å²) in [6.07, 6.45) is 1.38. The highest BCUT2D eigenvalue weighted by molar-refractivity contribution is 6.35. The molecule has 0 radical (unpaired) electrons. The third-order valence-corrected chi connectivity index (χ3v) is 2.70. The second-order valence-electron chi connectivity index (χ2n) is 3.49. The van der Waals surface area contributed by atoms with E-state index in [0.717, 1.165) is 0 Å². The molecule has 5 nitrogen and oxygen atoms in total. The normalized spacial score (nSPS) is 10.3. The van der Waals surface area contributed by atoms with Crippen molar-refractivity contribution in [3.05, 3.63) is 35.5 Å². The maximum atomic E-state index is 11.0. The number of halogens is 1. The topological polar surface area (TPSA) is 72.3 Å². The lowest BCUT2D eigenvalue weighted by Gasteiger charge is -2.08. The number of pyridine rings is 2. The summed E-state index contributed by atoms with van der Waals surface area (Å²) in [7, 11) is 1.47. The SMILES string of the molecule is C=C(C(=O)O)c1c(Cl)cnc2ccc(OC)nc12. The van der Waals surface area contributed by atoms with E-state index in [4.69, 9.17) is 21.4 Å². The molecule has 0 saturated carbocycles. The standard InChI is InChI=1S/C12H9ClN2O3/c1-6(12(16)17)10-7(13)5-14-8-3-4-9(18-2)15-11(8)10/h3-5H,1H2,2H3,(H,16,17). The number of ether oxygens (including phenoxy) is 1. The van der Waals surface area contributed by atoms with E-state index in [1.807, 2.05) is 0 Å². The van der Waals surface area contributed by atoms with Crippen molar-refractivity contribution in [2.75, 3.05) is 7.11 Å². The average molecular weight is 265 g/mol. The van der Waals surface area contributed by atoms with Crippen molar-refractivity contribution in [2.24, 2.45) is 0 Å². The molecule has 2 aromatic heterocycles. The third kappa shape index (κ3) is 2.00. The lowest BCUT2D eigenvalue weighted by molar-refractivity contribution is -0.130. The molecule has 0 atom stereocenters. The van der Waals surface area contributed by atoms with E-state index in [9.17, 15) is 4.79 Å². The largest absolute Gasteiger partial charge is 0.481 e. The summed E-state index contributed by atoms with van der Waals surface area (Å²) >= 11 is 5.97. The summed E-state index contributed by atoms with van der Waals surface area (Å²) in [4.78, 5) is 19.3. The summed E-state index contributed by atoms with van der Waals surface area (Å²) in [5.41, 5.74) is 1.01. The number of hydrogen-bond donors (Lipinski definition) is 1. The Labute approximate surface area is 108 Å². The van der Waals surface area contributed by atoms with Gasteiger partial charge in [-0.3, -0.25) is 4.98 Å². The first kappa shape index (κ1) is 12.3. The molecule has 0 saturated heterocycles. The molecule has 2 heterocycles. The van der Waals surface area contributed by atoms with E-state index in [1.54, 1.807) is 12.1 Å². The van der Waals surface area contributed by atoms with E-state index in [1.165, 1.54) is 13.3 Å². The van der Waals surface area contributed by atoms with Gasteiger partial charge in [-0.15, -0.1) is 0 Å². The van der Waals surface area contributed by atoms with Gasteiger partial charge in [0.1, 0.15) is 5.52 Å². The van der Waals surface area contributed by atoms with Crippen molar-refractivity contribution >= 4 is 34.2 Å². The first-order chi connectivity index (χ1) is 8.54. The minimum atomic E-state index is -1.16. The predicted molar refractivity (Wildman–Crippen MR) is 67.8 cm³/mol. The Morgan fingerprint density at radius 3 is 2.83 bits per heavy atom. The van der Waals surface area contributed by atoms with Crippen LogP contribution in [0.25, 0.3) is 16.6 Å². The molecule has 0 bridgehead atoms. The quantitative estimate of drug-likeness (QED) is 0.862. The smallest absolute Gasteiger partial charge is 0.335 e. The molecule has 0 unspecified atom stereocenters. The predicted octanol–water partition coefficient (Wildman–Crippen LogP) is 2.39. The van der Waals surface area contributed by atoms with Crippen LogP contribution in [0.2, 0.25) is 5.02 Å². The Balaban J connectivity index is 2.80. The molecule has 0 aromatic carbocycles. The lowest BCUT2D eigenvalue weighted by Crippen LogP contribution is -2.02. The van der Waals surface area contributed by atoms with Gasteiger partial charge in [-0.2, -0.15) is 0 Å². The van der Waals surface area contributed by atoms with Crippen LogP contribution in [0.3, 0.4) is 0 Å². The molecule has 0 fully saturated rings. The van der Waals surface area contributed by atoms with Gasteiger partial charge in [0, 0.05) is 17.8 Å². The molecular weight excluding hydrogens is 256 g/mol. The molecule has 92 valence electrons. The number of fused-ring (bicyclic) bond motifs is 1. The van der Waals surface area contributed by atoms with Crippen molar-refractivity contribution in [1.82, 2.24) is 9.97 Å². The van der Waals surface area contributed by atoms with Crippen molar-refractivity contribution in [2.45, 2.75) is 0 Å². The zero-order valence-electron chi connectivity index (χ0n) is 9.48. The van der Waals surface area contributed by atoms with Crippen LogP contribution in [0.4, 0.5) is 0 Å². The molecule has 18 heavy (non-hydrogen) atoms. The van der Waals surface area contributed by atoms with E-state index >= 15 is 0 Å². The highest BCUT2D eigenvalue weighted by atomic mass is 35.5. The maximum absolute atomic E-state index is 11.0. The first-order valence-electron chi connectivity index (χ1n) is 4.96. The van der Waals surface area contributed by atoms with E-state index in [2.05, 4.69) is 16.5 Å². The van der Waals surface area contributed by atoms with Crippen LogP contribution in [0, 0.1) is 0 Å². The number of carboxylic acids is 1. The van der Waals surface area contributed by atoms with E-state index in [0.29, 0.717) is 16.9 Å². The summed E-state index contributed by atoms with van der Waals surface area (Å²) in [5, 5.41) is 9.20. The Hall–Kier alpha value is -2.14. The zero-order chi connectivity index (χ0) is 13.3. The van der Waals surface area contributed by atoms with Gasteiger partial charge in [0.05, 0.1) is 23.2 Å². The molecule has 2 rings (SSSR count). The van der Waals surface area contributed by atoms with Crippen molar-refractivity contribution in [3.8, 4) is 5.88 Å². The van der Waals surface area contributed by atoms with Gasteiger partial charge in [-0.1, -0.05) is 18.2 Å². The number of nitrogens with zero attached hydrogens (tertiary/aromatic N) is 2. The average Bonchev–Trinajstić information content (AvgIpc) is 2.37. The number of carboxylic acid groups (broad SMARTS) is 1. The van der Waals surface area contributed by atoms with Gasteiger partial charge in [-0.05, 0) is 6.07 Å². The van der Waals surface area contributed by atoms with Gasteiger partial charge in [0.15, 0.2) is 0 Å². The summed E-state index contributed by atoms with van der Waals surface area (Å²) in [6, 6.07) is 3.31. The molecule has 6 heteroatoms. The van der Waals surface area contributed by atoms with Gasteiger partial charge < -0.3 is 9.84 Å². The van der Waals surface area contributed by atoms with Crippen LogP contribution in [0.1, 0.15) is 5.56 Å². The van der Waals surface area contributed by atoms with Gasteiger partial charge >= 0.3 is 5.97 Å². The monoisotopic (exact) mass is 264 g/mol. The van der Waals surface area contributed by atoms with Crippen LogP contribution in [-0.2, 0) is 4.79 Å². The van der Waals surface area contributed by atoms with Gasteiger partial charge in [0.2, 0.25) is 5.88 Å². The molecule has 0 aliphatic rings. The summed E-state index contributed by atoms with van der Waals surface area (Å²) < 4.78 is 5.00. The molecule has 2 aromatic rings. The number of rotatable bonds is 3. The molecule has 1 N–H and O–H groups in total. The van der Waals surface area contributed by atoms with Gasteiger partial charge in [-0.25, -0.2) is 9.78 Å². The molecule has 0 amide bonds. The zero-order valence-corrected chi connectivity index (χ0v) is 10.2. The molecule has 0 aliphatic carbocycles. The van der Waals surface area contributed by atoms with Crippen LogP contribution < -0.4 is 4.74 Å². The second kappa shape index (κ2) is 4.62. The molecule has 0 aliphatic heterocycles. The number of aliphatic carboxylic acids is 1. The fourth-order valence-electron chi connectivity index (χ4n) is 1.53. The highest BCUT2D eigenvalue weighted by Crippen LogP contribution is 2.29. The van der Waals surface area contributed by atoms with Crippen molar-refractivity contribution in [1.29, 1.82) is 0 Å². The minimum absolute atomic E-state index is 0.131. The Morgan fingerprint density at radius 2 is 2.22 bits per heavy atom. The molecular formula is C12H9ClN2O3. The van der Waals surface area contributed by atoms with Crippen molar-refractivity contribution in [3.63, 3.8) is 0 Å². The second-order valence-corrected chi connectivity index (χ2v) is 3.89. The third-order valence-electron chi connectivity index (χ3n) is 2.41. The van der Waals surface area contributed by atoms with Crippen molar-refractivity contribution < 1.29 is 14.6 Å². The Bertz CT molecular complexity index is 655. The van der Waals surface area contributed by atoms with Crippen LogP contribution in [-0.4, -0.2) is 28.2 Å². The van der Waals surface area contributed by atoms with Crippen LogP contribution in [0.15, 0.2) is 24.9 Å². The number of methoxy groups -OCH3 is 1. The number of aromatic nitrogens is 2. The van der Waals surface area contributed by atoms with Crippen LogP contribution >= 0.6 is 11.6 Å². The summed E-state index contributed by atoms with van der Waals surface area (Å²) in [5.74, 6) is -0.806. The lowest BCUT2D eigenvalue weighted by atomic mass is 10.1. The summed E-state index contributed by atoms with van der Waals surface area (Å²) in [6.45, 7) is 3.50. The Kier molecular flexibility index (Phi) is 3.16. The fourth-order valence-corrected chi connectivity index (χ4v) is 1.79. The van der Waals surface area contributed by atoms with Crippen LogP contribution in [0.5, 0.6) is 5.88 Å². The fraction of sp³-hybridized carbons (Fsp3) is 0.0833. The first-order valence-corrected chi connectivity index (χ1v) is 5.34. The minimum Gasteiger partial charge on any atom is -0.481 e. The number of hydrogen-bond acceptors (Lipinski definition) is 4. The highest BCUT2D eigenvalue weighted by Gasteiger charge is 2.17. The maximum Gasteiger partial charge on any atom is 0.335 e. The molecule has 0 spiro atoms.